The van der Waals surface area contributed by atoms with E-state index in [2.05, 4.69) is 25.8 Å². The van der Waals surface area contributed by atoms with Gasteiger partial charge in [-0.15, -0.1) is 0 Å². The Hall–Kier alpha value is -2.78. The van der Waals surface area contributed by atoms with Gasteiger partial charge in [-0.1, -0.05) is 30.0 Å². The van der Waals surface area contributed by atoms with Crippen LogP contribution in [0.5, 0.6) is 0 Å². The first kappa shape index (κ1) is 18.0. The zero-order valence-electron chi connectivity index (χ0n) is 14.6. The van der Waals surface area contributed by atoms with E-state index in [0.29, 0.717) is 0 Å². The van der Waals surface area contributed by atoms with Gasteiger partial charge in [0, 0.05) is 22.0 Å². The Morgan fingerprint density at radius 2 is 1.88 bits per heavy atom. The van der Waals surface area contributed by atoms with E-state index in [4.69, 9.17) is 0 Å². The van der Waals surface area contributed by atoms with Crippen molar-refractivity contribution in [2.75, 3.05) is 5.43 Å². The number of rotatable bonds is 5. The zero-order chi connectivity index (χ0) is 18.7. The maximum atomic E-state index is 11.6. The van der Waals surface area contributed by atoms with Crippen LogP contribution in [0.2, 0.25) is 0 Å². The molecule has 0 aliphatic heterocycles. The molecule has 2 heterocycles. The molecule has 0 aliphatic rings. The number of fused-ring (bicyclic) bond motifs is 1. The van der Waals surface area contributed by atoms with Crippen molar-refractivity contribution < 1.29 is 4.92 Å². The summed E-state index contributed by atoms with van der Waals surface area (Å²) < 4.78 is 0. The van der Waals surface area contributed by atoms with Gasteiger partial charge in [0.05, 0.1) is 10.4 Å². The number of nitrogens with zero attached hydrogens (tertiary/aromatic N) is 4. The Kier molecular flexibility index (Phi) is 5.01. The third kappa shape index (κ3) is 4.06. The van der Waals surface area contributed by atoms with E-state index in [9.17, 15) is 10.1 Å². The normalized spacial score (nSPS) is 11.5. The van der Waals surface area contributed by atoms with Gasteiger partial charge in [-0.2, -0.15) is 0 Å². The van der Waals surface area contributed by atoms with Crippen molar-refractivity contribution in [1.82, 2.24) is 20.4 Å². The maximum absolute atomic E-state index is 11.6. The summed E-state index contributed by atoms with van der Waals surface area (Å²) in [6, 6.07) is 9.50. The number of nitro groups is 1. The Balaban J connectivity index is 2.00. The fraction of sp³-hybridized carbons (Fsp3) is 0.235. The monoisotopic (exact) mass is 370 g/mol. The smallest absolute Gasteiger partial charge is 0.299 e. The molecule has 0 fully saturated rings. The second-order valence-corrected chi connectivity index (χ2v) is 7.60. The molecule has 2 N–H and O–H groups in total. The average Bonchev–Trinajstić information content (AvgIpc) is 2.59. The first-order valence-electron chi connectivity index (χ1n) is 7.89. The number of para-hydroxylation sites is 1. The van der Waals surface area contributed by atoms with E-state index in [0.717, 1.165) is 15.8 Å². The second-order valence-electron chi connectivity index (χ2n) is 6.57. The van der Waals surface area contributed by atoms with E-state index in [1.54, 1.807) is 6.20 Å². The van der Waals surface area contributed by atoms with Crippen molar-refractivity contribution in [1.29, 1.82) is 0 Å². The summed E-state index contributed by atoms with van der Waals surface area (Å²) in [7, 11) is 0. The summed E-state index contributed by atoms with van der Waals surface area (Å²) in [6.45, 7) is 5.80. The van der Waals surface area contributed by atoms with E-state index in [1.807, 2.05) is 51.1 Å². The number of aromatic nitrogens is 3. The molecule has 8 nitrogen and oxygen atoms in total. The van der Waals surface area contributed by atoms with Gasteiger partial charge in [-0.05, 0) is 32.9 Å². The van der Waals surface area contributed by atoms with E-state index in [1.165, 1.54) is 18.1 Å². The van der Waals surface area contributed by atoms with Crippen molar-refractivity contribution in [3.8, 4) is 0 Å². The van der Waals surface area contributed by atoms with Gasteiger partial charge in [0.25, 0.3) is 0 Å². The number of hydrogen-bond donors (Lipinski definition) is 2. The van der Waals surface area contributed by atoms with Crippen LogP contribution in [0.25, 0.3) is 10.9 Å². The highest BCUT2D eigenvalue weighted by Gasteiger charge is 2.25. The van der Waals surface area contributed by atoms with Crippen LogP contribution in [0, 0.1) is 10.1 Å². The molecule has 0 aliphatic carbocycles. The Labute approximate surface area is 154 Å². The maximum Gasteiger partial charge on any atom is 0.344 e. The first-order valence-corrected chi connectivity index (χ1v) is 8.71. The van der Waals surface area contributed by atoms with E-state index in [-0.39, 0.29) is 22.1 Å². The van der Waals surface area contributed by atoms with Gasteiger partial charge in [-0.25, -0.2) is 15.4 Å². The molecule has 2 aromatic heterocycles. The highest BCUT2D eigenvalue weighted by molar-refractivity contribution is 7.99. The summed E-state index contributed by atoms with van der Waals surface area (Å²) in [5.41, 5.74) is 6.12. The molecule has 3 aromatic rings. The number of hydrazine groups is 1. The van der Waals surface area contributed by atoms with Crippen molar-refractivity contribution >= 4 is 34.2 Å². The SMILES string of the molecule is CC(C)(C)NNc1ncnc(Sc2cccc3cccnc23)c1[N+](=O)[O-]. The Bertz CT molecular complexity index is 952. The van der Waals surface area contributed by atoms with Crippen molar-refractivity contribution in [2.24, 2.45) is 0 Å². The summed E-state index contributed by atoms with van der Waals surface area (Å²) >= 11 is 1.20. The second kappa shape index (κ2) is 7.22. The van der Waals surface area contributed by atoms with Crippen LogP contribution in [0.4, 0.5) is 11.5 Å². The molecule has 0 spiro atoms. The molecule has 0 unspecified atom stereocenters. The lowest BCUT2D eigenvalue weighted by Crippen LogP contribution is -2.40. The molecule has 9 heteroatoms. The molecule has 0 saturated carbocycles. The lowest BCUT2D eigenvalue weighted by molar-refractivity contribution is -0.387. The van der Waals surface area contributed by atoms with Crippen LogP contribution in [-0.4, -0.2) is 25.4 Å². The molecule has 0 atom stereocenters. The van der Waals surface area contributed by atoms with Crippen LogP contribution in [0.15, 0.2) is 52.8 Å². The minimum Gasteiger partial charge on any atom is -0.299 e. The third-order valence-corrected chi connectivity index (χ3v) is 4.37. The standard InChI is InChI=1S/C17H18N6O2S/c1-17(2,3)22-21-15-14(23(24)25)16(20-10-19-15)26-12-8-4-6-11-7-5-9-18-13(11)12/h4-10,22H,1-3H3,(H,19,20,21). The van der Waals surface area contributed by atoms with E-state index < -0.39 is 4.92 Å². The number of nitrogens with one attached hydrogen (secondary N) is 2. The average molecular weight is 370 g/mol. The summed E-state index contributed by atoms with van der Waals surface area (Å²) in [5, 5.41) is 12.9. The predicted octanol–water partition coefficient (Wildman–Crippen LogP) is 3.80. The lowest BCUT2D eigenvalue weighted by atomic mass is 10.1. The summed E-state index contributed by atoms with van der Waals surface area (Å²) in [6.07, 6.45) is 3.00. The molecule has 1 aromatic carbocycles. The number of anilines is 1. The molecule has 26 heavy (non-hydrogen) atoms. The largest absolute Gasteiger partial charge is 0.344 e. The van der Waals surface area contributed by atoms with Gasteiger partial charge >= 0.3 is 5.69 Å². The van der Waals surface area contributed by atoms with Crippen LogP contribution >= 0.6 is 11.8 Å². The Morgan fingerprint density at radius 3 is 2.62 bits per heavy atom. The van der Waals surface area contributed by atoms with Gasteiger partial charge in [0.15, 0.2) is 5.03 Å². The van der Waals surface area contributed by atoms with Crippen molar-refractivity contribution in [3.05, 3.63) is 53.0 Å². The third-order valence-electron chi connectivity index (χ3n) is 3.33. The van der Waals surface area contributed by atoms with E-state index >= 15 is 0 Å². The molecule has 0 bridgehead atoms. The first-order chi connectivity index (χ1) is 12.3. The fourth-order valence-electron chi connectivity index (χ4n) is 2.20. The highest BCUT2D eigenvalue weighted by atomic mass is 32.2. The van der Waals surface area contributed by atoms with Gasteiger partial charge in [0.2, 0.25) is 5.82 Å². The summed E-state index contributed by atoms with van der Waals surface area (Å²) in [4.78, 5) is 24.5. The summed E-state index contributed by atoms with van der Waals surface area (Å²) in [5.74, 6) is 0.121. The number of benzene rings is 1. The van der Waals surface area contributed by atoms with Crippen molar-refractivity contribution in [2.45, 2.75) is 36.2 Å². The molecule has 0 radical (unpaired) electrons. The van der Waals surface area contributed by atoms with Gasteiger partial charge in [-0.3, -0.25) is 20.5 Å². The van der Waals surface area contributed by atoms with Crippen LogP contribution in [0.3, 0.4) is 0 Å². The molecule has 3 rings (SSSR count). The molecular formula is C17H18N6O2S. The van der Waals surface area contributed by atoms with Crippen LogP contribution in [-0.2, 0) is 0 Å². The van der Waals surface area contributed by atoms with Gasteiger partial charge in [0.1, 0.15) is 6.33 Å². The zero-order valence-corrected chi connectivity index (χ0v) is 15.4. The highest BCUT2D eigenvalue weighted by Crippen LogP contribution is 2.38. The predicted molar refractivity (Wildman–Crippen MR) is 101 cm³/mol. The van der Waals surface area contributed by atoms with Gasteiger partial charge < -0.3 is 0 Å². The van der Waals surface area contributed by atoms with Crippen LogP contribution in [0.1, 0.15) is 20.8 Å². The number of hydrogen-bond acceptors (Lipinski definition) is 8. The number of pyridine rings is 1. The molecule has 0 saturated heterocycles. The lowest BCUT2D eigenvalue weighted by Gasteiger charge is -2.21. The van der Waals surface area contributed by atoms with Crippen molar-refractivity contribution in [3.63, 3.8) is 0 Å². The molecule has 0 amide bonds. The minimum absolute atomic E-state index is 0.121. The fourth-order valence-corrected chi connectivity index (χ4v) is 3.19. The quantitative estimate of drug-likeness (QED) is 0.397. The molecule has 134 valence electrons. The molecular weight excluding hydrogens is 352 g/mol. The minimum atomic E-state index is -0.479. The Morgan fingerprint density at radius 1 is 1.12 bits per heavy atom. The topological polar surface area (TPSA) is 106 Å². The van der Waals surface area contributed by atoms with Crippen LogP contribution < -0.4 is 10.9 Å².